The quantitative estimate of drug-likeness (QED) is 0.524. The van der Waals surface area contributed by atoms with Gasteiger partial charge in [0.15, 0.2) is 0 Å². The second kappa shape index (κ2) is 3.50. The highest BCUT2D eigenvalue weighted by Gasteiger charge is 2.34. The van der Waals surface area contributed by atoms with Crippen molar-refractivity contribution < 1.29 is 9.53 Å². The molecule has 0 unspecified atom stereocenters. The summed E-state index contributed by atoms with van der Waals surface area (Å²) in [6.07, 6.45) is 0.617. The van der Waals surface area contributed by atoms with E-state index in [9.17, 15) is 4.79 Å². The molecule has 1 aromatic carbocycles. The van der Waals surface area contributed by atoms with E-state index in [4.69, 9.17) is 11.8 Å². The molecule has 0 fully saturated rings. The molecule has 1 aliphatic rings. The van der Waals surface area contributed by atoms with Gasteiger partial charge in [-0.05, 0) is 11.6 Å². The van der Waals surface area contributed by atoms with Gasteiger partial charge in [-0.1, -0.05) is 18.2 Å². The maximum Gasteiger partial charge on any atom is 0.330 e. The standard InChI is InChI=1S/C10H10ClNO2/c1-14-10(13)9-6-7-4-2-3-5-8(7)12(9)11/h2-5,9H,6H2,1H3/t9-/m1/s1. The van der Waals surface area contributed by atoms with Gasteiger partial charge < -0.3 is 4.74 Å². The van der Waals surface area contributed by atoms with Crippen LogP contribution in [0.3, 0.4) is 0 Å². The van der Waals surface area contributed by atoms with Crippen LogP contribution in [-0.2, 0) is 16.0 Å². The van der Waals surface area contributed by atoms with Crippen LogP contribution >= 0.6 is 11.8 Å². The lowest BCUT2D eigenvalue weighted by atomic mass is 10.1. The molecule has 1 aromatic rings. The Kier molecular flexibility index (Phi) is 2.33. The van der Waals surface area contributed by atoms with Crippen molar-refractivity contribution in [1.82, 2.24) is 0 Å². The molecule has 4 heteroatoms. The summed E-state index contributed by atoms with van der Waals surface area (Å²) in [5.41, 5.74) is 1.97. The molecule has 14 heavy (non-hydrogen) atoms. The van der Waals surface area contributed by atoms with Gasteiger partial charge in [-0.2, -0.15) is 0 Å². The molecule has 3 nitrogen and oxygen atoms in total. The highest BCUT2D eigenvalue weighted by atomic mass is 35.5. The third-order valence-corrected chi connectivity index (χ3v) is 2.80. The summed E-state index contributed by atoms with van der Waals surface area (Å²) in [5.74, 6) is -0.295. The molecule has 0 radical (unpaired) electrons. The molecule has 0 saturated heterocycles. The molecular formula is C10H10ClNO2. The van der Waals surface area contributed by atoms with Crippen molar-refractivity contribution >= 4 is 23.4 Å². The van der Waals surface area contributed by atoms with E-state index in [-0.39, 0.29) is 12.0 Å². The Morgan fingerprint density at radius 3 is 2.93 bits per heavy atom. The van der Waals surface area contributed by atoms with Crippen molar-refractivity contribution in [3.05, 3.63) is 29.8 Å². The lowest BCUT2D eigenvalue weighted by molar-refractivity contribution is -0.141. The van der Waals surface area contributed by atoms with E-state index in [2.05, 4.69) is 4.74 Å². The fraction of sp³-hybridized carbons (Fsp3) is 0.300. The van der Waals surface area contributed by atoms with Gasteiger partial charge in [0.05, 0.1) is 12.8 Å². The second-order valence-electron chi connectivity index (χ2n) is 3.18. The van der Waals surface area contributed by atoms with Crippen LogP contribution in [-0.4, -0.2) is 19.1 Å². The van der Waals surface area contributed by atoms with Crippen molar-refractivity contribution in [2.45, 2.75) is 12.5 Å². The summed E-state index contributed by atoms with van der Waals surface area (Å²) in [5, 5.41) is 0. The number of rotatable bonds is 1. The van der Waals surface area contributed by atoms with Gasteiger partial charge in [0.25, 0.3) is 0 Å². The van der Waals surface area contributed by atoms with Gasteiger partial charge in [-0.15, -0.1) is 0 Å². The summed E-state index contributed by atoms with van der Waals surface area (Å²) in [6.45, 7) is 0. The molecule has 0 aliphatic carbocycles. The molecule has 0 amide bonds. The van der Waals surface area contributed by atoms with E-state index in [1.54, 1.807) is 0 Å². The first kappa shape index (κ1) is 9.34. The predicted octanol–water partition coefficient (Wildman–Crippen LogP) is 1.74. The Labute approximate surface area is 87.3 Å². The first-order chi connectivity index (χ1) is 6.74. The topological polar surface area (TPSA) is 29.5 Å². The van der Waals surface area contributed by atoms with Gasteiger partial charge in [0.1, 0.15) is 6.04 Å². The Bertz CT molecular complexity index is 367. The van der Waals surface area contributed by atoms with Crippen molar-refractivity contribution in [2.24, 2.45) is 0 Å². The zero-order valence-corrected chi connectivity index (χ0v) is 8.49. The van der Waals surface area contributed by atoms with Gasteiger partial charge >= 0.3 is 5.97 Å². The largest absolute Gasteiger partial charge is 0.467 e. The highest BCUT2D eigenvalue weighted by Crippen LogP contribution is 2.33. The van der Waals surface area contributed by atoms with Crippen LogP contribution < -0.4 is 4.42 Å². The molecule has 0 bridgehead atoms. The zero-order valence-electron chi connectivity index (χ0n) is 7.74. The van der Waals surface area contributed by atoms with Crippen molar-refractivity contribution in [2.75, 3.05) is 11.5 Å². The molecule has 1 aliphatic heterocycles. The van der Waals surface area contributed by atoms with Crippen LogP contribution in [0.25, 0.3) is 0 Å². The third-order valence-electron chi connectivity index (χ3n) is 2.38. The van der Waals surface area contributed by atoms with Crippen LogP contribution in [0.2, 0.25) is 0 Å². The fourth-order valence-corrected chi connectivity index (χ4v) is 1.97. The minimum atomic E-state index is -0.390. The van der Waals surface area contributed by atoms with Crippen LogP contribution in [0.4, 0.5) is 5.69 Å². The Hall–Kier alpha value is -1.22. The van der Waals surface area contributed by atoms with Crippen molar-refractivity contribution in [3.63, 3.8) is 0 Å². The number of para-hydroxylation sites is 1. The monoisotopic (exact) mass is 211 g/mol. The number of nitrogens with zero attached hydrogens (tertiary/aromatic N) is 1. The summed E-state index contributed by atoms with van der Waals surface area (Å²) < 4.78 is 6.12. The predicted molar refractivity (Wildman–Crippen MR) is 54.3 cm³/mol. The van der Waals surface area contributed by atoms with Crippen LogP contribution in [0.15, 0.2) is 24.3 Å². The average Bonchev–Trinajstić information content (AvgIpc) is 2.56. The molecule has 1 heterocycles. The molecule has 0 N–H and O–H groups in total. The number of hydrogen-bond acceptors (Lipinski definition) is 3. The number of esters is 1. The van der Waals surface area contributed by atoms with E-state index in [0.717, 1.165) is 11.3 Å². The lowest BCUT2D eigenvalue weighted by Crippen LogP contribution is -2.33. The Morgan fingerprint density at radius 2 is 2.29 bits per heavy atom. The normalized spacial score (nSPS) is 19.3. The lowest BCUT2D eigenvalue weighted by Gasteiger charge is -2.16. The first-order valence-electron chi connectivity index (χ1n) is 4.35. The Morgan fingerprint density at radius 1 is 1.57 bits per heavy atom. The van der Waals surface area contributed by atoms with Gasteiger partial charge in [0.2, 0.25) is 0 Å². The molecule has 2 rings (SSSR count). The number of halogens is 1. The van der Waals surface area contributed by atoms with E-state index in [1.807, 2.05) is 24.3 Å². The zero-order chi connectivity index (χ0) is 10.1. The fourth-order valence-electron chi connectivity index (χ4n) is 1.66. The molecule has 0 spiro atoms. The number of anilines is 1. The SMILES string of the molecule is COC(=O)[C@H]1Cc2ccccc2N1Cl. The molecule has 0 aromatic heterocycles. The maximum absolute atomic E-state index is 11.3. The number of methoxy groups -OCH3 is 1. The molecule has 1 atom stereocenters. The number of carbonyl (C=O) groups is 1. The van der Waals surface area contributed by atoms with E-state index in [1.165, 1.54) is 11.5 Å². The van der Waals surface area contributed by atoms with Crippen molar-refractivity contribution in [1.29, 1.82) is 0 Å². The third kappa shape index (κ3) is 1.34. The second-order valence-corrected chi connectivity index (χ2v) is 3.55. The summed E-state index contributed by atoms with van der Waals surface area (Å²) in [4.78, 5) is 11.3. The van der Waals surface area contributed by atoms with Crippen LogP contribution in [0.1, 0.15) is 5.56 Å². The number of ether oxygens (including phenoxy) is 1. The molecule has 74 valence electrons. The van der Waals surface area contributed by atoms with Gasteiger partial charge in [0, 0.05) is 18.2 Å². The first-order valence-corrected chi connectivity index (χ1v) is 4.68. The Balaban J connectivity index is 2.30. The van der Waals surface area contributed by atoms with Gasteiger partial charge in [-0.3, -0.25) is 4.42 Å². The minimum absolute atomic E-state index is 0.295. The maximum atomic E-state index is 11.3. The van der Waals surface area contributed by atoms with E-state index in [0.29, 0.717) is 6.42 Å². The van der Waals surface area contributed by atoms with E-state index < -0.39 is 0 Å². The highest BCUT2D eigenvalue weighted by molar-refractivity contribution is 6.28. The number of benzene rings is 1. The number of carbonyl (C=O) groups excluding carboxylic acids is 1. The van der Waals surface area contributed by atoms with E-state index >= 15 is 0 Å². The smallest absolute Gasteiger partial charge is 0.330 e. The summed E-state index contributed by atoms with van der Waals surface area (Å²) in [7, 11) is 1.37. The number of fused-ring (bicyclic) bond motifs is 1. The summed E-state index contributed by atoms with van der Waals surface area (Å²) in [6, 6.07) is 7.30. The number of hydrogen-bond donors (Lipinski definition) is 0. The van der Waals surface area contributed by atoms with Crippen molar-refractivity contribution in [3.8, 4) is 0 Å². The van der Waals surface area contributed by atoms with Crippen LogP contribution in [0.5, 0.6) is 0 Å². The van der Waals surface area contributed by atoms with Gasteiger partial charge in [-0.25, -0.2) is 4.79 Å². The molecule has 0 saturated carbocycles. The summed E-state index contributed by atoms with van der Waals surface area (Å²) >= 11 is 6.01. The average molecular weight is 212 g/mol. The van der Waals surface area contributed by atoms with Crippen LogP contribution in [0, 0.1) is 0 Å². The minimum Gasteiger partial charge on any atom is -0.467 e. The molecular weight excluding hydrogens is 202 g/mol.